The highest BCUT2D eigenvalue weighted by molar-refractivity contribution is 6.35. The Morgan fingerprint density at radius 3 is 2.88 bits per heavy atom. The van der Waals surface area contributed by atoms with E-state index in [9.17, 15) is 0 Å². The summed E-state index contributed by atoms with van der Waals surface area (Å²) in [7, 11) is 0. The number of nitrogens with zero attached hydrogens (tertiary/aromatic N) is 3. The molecule has 0 saturated carbocycles. The monoisotopic (exact) mass is 257 g/mol. The molecule has 0 fully saturated rings. The largest absolute Gasteiger partial charge is 0.368 e. The Balaban J connectivity index is 1.90. The molecule has 0 radical (unpaired) electrons. The zero-order chi connectivity index (χ0) is 11.4. The van der Waals surface area contributed by atoms with Gasteiger partial charge in [-0.25, -0.2) is 4.98 Å². The van der Waals surface area contributed by atoms with Gasteiger partial charge in [0.05, 0.1) is 21.9 Å². The topological polar surface area (TPSA) is 66.5 Å². The lowest BCUT2D eigenvalue weighted by atomic mass is 10.3. The van der Waals surface area contributed by atoms with E-state index >= 15 is 0 Å². The van der Waals surface area contributed by atoms with Gasteiger partial charge < -0.3 is 5.32 Å². The summed E-state index contributed by atoms with van der Waals surface area (Å²) >= 11 is 11.7. The number of anilines is 1. The summed E-state index contributed by atoms with van der Waals surface area (Å²) < 4.78 is 0. The molecule has 2 N–H and O–H groups in total. The van der Waals surface area contributed by atoms with E-state index in [1.807, 2.05) is 0 Å². The fourth-order valence-electron chi connectivity index (χ4n) is 1.20. The number of pyridine rings is 1. The molecule has 16 heavy (non-hydrogen) atoms. The van der Waals surface area contributed by atoms with E-state index in [1.54, 1.807) is 18.5 Å². The number of nitrogens with one attached hydrogen (secondary N) is 2. The van der Waals surface area contributed by atoms with Crippen LogP contribution >= 0.6 is 23.2 Å². The number of hydrogen-bond donors (Lipinski definition) is 2. The molecule has 0 saturated heterocycles. The number of H-pyrrole nitrogens is 1. The van der Waals surface area contributed by atoms with Gasteiger partial charge in [0.1, 0.15) is 5.82 Å². The van der Waals surface area contributed by atoms with E-state index in [0.29, 0.717) is 22.4 Å². The number of halogens is 2. The molecule has 7 heteroatoms. The van der Waals surface area contributed by atoms with Crippen molar-refractivity contribution in [2.75, 3.05) is 11.9 Å². The Morgan fingerprint density at radius 2 is 2.19 bits per heavy atom. The highest BCUT2D eigenvalue weighted by Gasteiger charge is 2.02. The first-order valence-electron chi connectivity index (χ1n) is 4.65. The van der Waals surface area contributed by atoms with Crippen LogP contribution in [0.4, 0.5) is 5.82 Å². The third-order valence-corrected chi connectivity index (χ3v) is 2.44. The van der Waals surface area contributed by atoms with Crippen LogP contribution in [0.25, 0.3) is 0 Å². The second-order valence-electron chi connectivity index (χ2n) is 3.12. The second kappa shape index (κ2) is 5.14. The first-order chi connectivity index (χ1) is 7.75. The zero-order valence-corrected chi connectivity index (χ0v) is 9.76. The quantitative estimate of drug-likeness (QED) is 0.881. The molecule has 0 aliphatic rings. The highest BCUT2D eigenvalue weighted by Crippen LogP contribution is 2.22. The van der Waals surface area contributed by atoms with Gasteiger partial charge in [0.2, 0.25) is 0 Å². The lowest BCUT2D eigenvalue weighted by Crippen LogP contribution is -2.06. The van der Waals surface area contributed by atoms with Crippen LogP contribution in [0.1, 0.15) is 5.69 Å². The van der Waals surface area contributed by atoms with Gasteiger partial charge in [-0.05, 0) is 6.07 Å². The summed E-state index contributed by atoms with van der Waals surface area (Å²) in [6.45, 7) is 0.681. The molecule has 0 aromatic carbocycles. The van der Waals surface area contributed by atoms with Crippen LogP contribution in [0.5, 0.6) is 0 Å². The first kappa shape index (κ1) is 11.2. The van der Waals surface area contributed by atoms with Crippen LogP contribution in [0.15, 0.2) is 18.5 Å². The van der Waals surface area contributed by atoms with Crippen molar-refractivity contribution in [1.82, 2.24) is 20.4 Å². The fourth-order valence-corrected chi connectivity index (χ4v) is 1.65. The molecule has 0 aliphatic carbocycles. The van der Waals surface area contributed by atoms with Gasteiger partial charge in [-0.2, -0.15) is 15.4 Å². The van der Waals surface area contributed by atoms with E-state index in [4.69, 9.17) is 23.2 Å². The molecule has 2 heterocycles. The summed E-state index contributed by atoms with van der Waals surface area (Å²) in [6.07, 6.45) is 3.97. The maximum atomic E-state index is 5.95. The van der Waals surface area contributed by atoms with Crippen LogP contribution in [-0.4, -0.2) is 26.9 Å². The van der Waals surface area contributed by atoms with E-state index in [-0.39, 0.29) is 0 Å². The second-order valence-corrected chi connectivity index (χ2v) is 3.97. The molecule has 2 rings (SSSR count). The summed E-state index contributed by atoms with van der Waals surface area (Å²) in [5.41, 5.74) is 0.887. The van der Waals surface area contributed by atoms with E-state index in [0.717, 1.165) is 12.1 Å². The Labute approximate surface area is 102 Å². The van der Waals surface area contributed by atoms with Crippen molar-refractivity contribution in [3.05, 3.63) is 34.2 Å². The van der Waals surface area contributed by atoms with Crippen molar-refractivity contribution < 1.29 is 0 Å². The molecule has 5 nitrogen and oxygen atoms in total. The first-order valence-corrected chi connectivity index (χ1v) is 5.41. The highest BCUT2D eigenvalue weighted by atomic mass is 35.5. The van der Waals surface area contributed by atoms with Crippen molar-refractivity contribution in [2.24, 2.45) is 0 Å². The van der Waals surface area contributed by atoms with Crippen LogP contribution in [0, 0.1) is 0 Å². The lowest BCUT2D eigenvalue weighted by Gasteiger charge is -2.05. The third-order valence-electron chi connectivity index (χ3n) is 1.95. The summed E-state index contributed by atoms with van der Waals surface area (Å²) in [6, 6.07) is 1.65. The maximum absolute atomic E-state index is 5.95. The van der Waals surface area contributed by atoms with Crippen molar-refractivity contribution in [2.45, 2.75) is 6.42 Å². The van der Waals surface area contributed by atoms with Crippen molar-refractivity contribution >= 4 is 29.0 Å². The van der Waals surface area contributed by atoms with Gasteiger partial charge >= 0.3 is 0 Å². The SMILES string of the molecule is Clc1cnc(NCCc2cn[nH]n2)c(Cl)c1. The number of aromatic nitrogens is 4. The van der Waals surface area contributed by atoms with Crippen molar-refractivity contribution in [3.8, 4) is 0 Å². The Kier molecular flexibility index (Phi) is 3.58. The molecule has 0 spiro atoms. The van der Waals surface area contributed by atoms with Gasteiger partial charge in [-0.15, -0.1) is 0 Å². The smallest absolute Gasteiger partial charge is 0.144 e. The van der Waals surface area contributed by atoms with Gasteiger partial charge in [0.25, 0.3) is 0 Å². The number of aromatic amines is 1. The predicted molar refractivity (Wildman–Crippen MR) is 62.8 cm³/mol. The van der Waals surface area contributed by atoms with Gasteiger partial charge in [0.15, 0.2) is 0 Å². The van der Waals surface area contributed by atoms with Gasteiger partial charge in [-0.3, -0.25) is 0 Å². The minimum atomic E-state index is 0.507. The Bertz CT molecular complexity index is 457. The van der Waals surface area contributed by atoms with Gasteiger partial charge in [0, 0.05) is 19.2 Å². The van der Waals surface area contributed by atoms with Crippen LogP contribution in [-0.2, 0) is 6.42 Å². The van der Waals surface area contributed by atoms with Crippen LogP contribution in [0.3, 0.4) is 0 Å². The third kappa shape index (κ3) is 2.84. The van der Waals surface area contributed by atoms with E-state index in [1.165, 1.54) is 0 Å². The summed E-state index contributed by atoms with van der Waals surface area (Å²) in [4.78, 5) is 4.08. The molecule has 84 valence electrons. The number of rotatable bonds is 4. The Morgan fingerprint density at radius 1 is 1.31 bits per heavy atom. The molecule has 2 aromatic rings. The standard InChI is InChI=1S/C9H9Cl2N5/c10-6-3-8(11)9(13-4-6)12-2-1-7-5-14-16-15-7/h3-5H,1-2H2,(H,12,13)(H,14,15,16). The Hall–Kier alpha value is -1.33. The fraction of sp³-hybridized carbons (Fsp3) is 0.222. The molecule has 0 bridgehead atoms. The summed E-state index contributed by atoms with van der Waals surface area (Å²) in [5, 5.41) is 14.3. The molecule has 0 aliphatic heterocycles. The average Bonchev–Trinajstić information content (AvgIpc) is 2.74. The molecule has 0 atom stereocenters. The maximum Gasteiger partial charge on any atom is 0.144 e. The summed E-state index contributed by atoms with van der Waals surface area (Å²) in [5.74, 6) is 0.620. The average molecular weight is 258 g/mol. The zero-order valence-electron chi connectivity index (χ0n) is 8.24. The van der Waals surface area contributed by atoms with E-state index in [2.05, 4.69) is 25.7 Å². The van der Waals surface area contributed by atoms with Crippen LogP contribution < -0.4 is 5.32 Å². The predicted octanol–water partition coefficient (Wildman–Crippen LogP) is 2.16. The normalized spacial score (nSPS) is 10.4. The van der Waals surface area contributed by atoms with Crippen molar-refractivity contribution in [1.29, 1.82) is 0 Å². The lowest BCUT2D eigenvalue weighted by molar-refractivity contribution is 0.890. The minimum absolute atomic E-state index is 0.507. The molecular formula is C9H9Cl2N5. The van der Waals surface area contributed by atoms with Gasteiger partial charge in [-0.1, -0.05) is 23.2 Å². The van der Waals surface area contributed by atoms with Crippen LogP contribution in [0.2, 0.25) is 10.0 Å². The molecule has 0 amide bonds. The minimum Gasteiger partial charge on any atom is -0.368 e. The van der Waals surface area contributed by atoms with E-state index < -0.39 is 0 Å². The van der Waals surface area contributed by atoms with Crippen molar-refractivity contribution in [3.63, 3.8) is 0 Å². The molecule has 0 unspecified atom stereocenters. The molecular weight excluding hydrogens is 249 g/mol. The molecule has 2 aromatic heterocycles. The number of hydrogen-bond acceptors (Lipinski definition) is 4.